The second-order valence-electron chi connectivity index (χ2n) is 12.9. The van der Waals surface area contributed by atoms with Crippen molar-refractivity contribution in [2.45, 2.75) is 50.8 Å². The number of nitrogens with one attached hydrogen (secondary N) is 7. The minimum absolute atomic E-state index is 0.0806. The summed E-state index contributed by atoms with van der Waals surface area (Å²) in [6.07, 6.45) is -6.28. The van der Waals surface area contributed by atoms with E-state index in [9.17, 15) is 48.9 Å². The number of carbonyl (C=O) groups is 7. The molecule has 0 fully saturated rings. The number of nitrogens with zero attached hydrogens (tertiary/aromatic N) is 1. The van der Waals surface area contributed by atoms with Crippen molar-refractivity contribution in [1.29, 1.82) is 0 Å². The molecule has 4 atom stereocenters. The summed E-state index contributed by atoms with van der Waals surface area (Å²) in [4.78, 5) is 89.1. The second-order valence-corrected chi connectivity index (χ2v) is 12.9. The first-order valence-corrected chi connectivity index (χ1v) is 18.1. The van der Waals surface area contributed by atoms with Gasteiger partial charge >= 0.3 is 0 Å². The number of carbonyl (C=O) groups excluding carboxylic acids is 7. The van der Waals surface area contributed by atoms with E-state index in [1.807, 2.05) is 0 Å². The van der Waals surface area contributed by atoms with Crippen LogP contribution in [0.4, 0.5) is 5.69 Å². The first-order valence-electron chi connectivity index (χ1n) is 18.1. The number of ether oxygens (including phenoxy) is 2. The Morgan fingerprint density at radius 1 is 0.797 bits per heavy atom. The first kappa shape index (κ1) is 47.3. The van der Waals surface area contributed by atoms with Gasteiger partial charge in [0.15, 0.2) is 6.29 Å². The highest BCUT2D eigenvalue weighted by Gasteiger charge is 2.31. The van der Waals surface area contributed by atoms with Gasteiger partial charge in [0, 0.05) is 24.0 Å². The van der Waals surface area contributed by atoms with Gasteiger partial charge in [0.25, 0.3) is 0 Å². The van der Waals surface area contributed by atoms with Gasteiger partial charge in [-0.05, 0) is 18.6 Å². The summed E-state index contributed by atoms with van der Waals surface area (Å²) in [6, 6.07) is 12.4. The summed E-state index contributed by atoms with van der Waals surface area (Å²) in [6.45, 7) is -2.98. The van der Waals surface area contributed by atoms with E-state index in [0.717, 1.165) is 0 Å². The molecule has 23 heteroatoms. The lowest BCUT2D eigenvalue weighted by Gasteiger charge is -2.30. The molecule has 3 unspecified atom stereocenters. The van der Waals surface area contributed by atoms with Crippen LogP contribution in [0, 0.1) is 0 Å². The monoisotopic (exact) mass is 830 g/mol. The van der Waals surface area contributed by atoms with Gasteiger partial charge in [-0.25, -0.2) is 0 Å². The predicted octanol–water partition coefficient (Wildman–Crippen LogP) is -4.89. The van der Waals surface area contributed by atoms with Crippen LogP contribution in [0.25, 0.3) is 11.4 Å². The molecule has 0 saturated heterocycles. The first-order chi connectivity index (χ1) is 28.2. The Kier molecular flexibility index (Phi) is 19.3. The van der Waals surface area contributed by atoms with Crippen molar-refractivity contribution in [3.05, 3.63) is 65.2 Å². The van der Waals surface area contributed by atoms with Gasteiger partial charge in [0.2, 0.25) is 35.4 Å². The van der Waals surface area contributed by atoms with E-state index in [1.54, 1.807) is 54.0 Å². The van der Waals surface area contributed by atoms with Gasteiger partial charge in [-0.15, -0.1) is 0 Å². The molecular formula is C36H50N10O13. The summed E-state index contributed by atoms with van der Waals surface area (Å²) in [5, 5.41) is 49.9. The van der Waals surface area contributed by atoms with Crippen LogP contribution < -0.4 is 54.0 Å². The maximum atomic E-state index is 13.8. The van der Waals surface area contributed by atoms with Crippen molar-refractivity contribution in [3.8, 4) is 0 Å². The van der Waals surface area contributed by atoms with E-state index in [1.165, 1.54) is 11.8 Å². The molecule has 0 bridgehead atoms. The fourth-order valence-corrected chi connectivity index (χ4v) is 5.46. The number of hydrazine groups is 1. The molecule has 322 valence electrons. The van der Waals surface area contributed by atoms with E-state index in [-0.39, 0.29) is 31.0 Å². The van der Waals surface area contributed by atoms with E-state index in [2.05, 4.69) is 32.0 Å². The standard InChI is InChI=1S/C36H50N10O13/c1-20(48)12-39-28(51)13-40-29(52)14-41-30(53)15-42-35(56)24(18-58-36(59-19-43-57)34(55)26(49)17-47)44-27(50)10-11-31(54)46-16-21-6-2-3-7-22(21)33(45-38)32(37)23-8-4-5-9-25(23)46/h2-9,24,26,34,36,43,45,47,49,55,57H,10-19,37-38H2,1H3,(H,39,51)(H,40,52)(H,41,53)(H,42,56)(H,44,50)/b33-32-/t24?,26-,34?,36?/m1/s1. The number of anilines is 1. The molecule has 23 nitrogen and oxygen atoms in total. The molecular weight excluding hydrogens is 780 g/mol. The average Bonchev–Trinajstić information content (AvgIpc) is 3.23. The summed E-state index contributed by atoms with van der Waals surface area (Å²) >= 11 is 0. The Balaban J connectivity index is 1.71. The summed E-state index contributed by atoms with van der Waals surface area (Å²) < 4.78 is 10.5. The van der Waals surface area contributed by atoms with Crippen LogP contribution in [0.2, 0.25) is 0 Å². The molecule has 1 aliphatic rings. The Hall–Kier alpha value is -6.05. The third-order valence-corrected chi connectivity index (χ3v) is 8.48. The molecule has 0 saturated carbocycles. The summed E-state index contributed by atoms with van der Waals surface area (Å²) in [5.41, 5.74) is 13.9. The molecule has 1 aliphatic heterocycles. The molecule has 2 aromatic carbocycles. The number of rotatable bonds is 23. The van der Waals surface area contributed by atoms with Crippen molar-refractivity contribution in [2.24, 2.45) is 11.6 Å². The maximum absolute atomic E-state index is 13.8. The van der Waals surface area contributed by atoms with Gasteiger partial charge in [-0.1, -0.05) is 42.5 Å². The maximum Gasteiger partial charge on any atom is 0.245 e. The lowest BCUT2D eigenvalue weighted by Crippen LogP contribution is -2.53. The number of hydrogen-bond donors (Lipinski definition) is 13. The molecule has 1 heterocycles. The minimum atomic E-state index is -1.91. The second kappa shape index (κ2) is 24.0. The number of benzene rings is 2. The van der Waals surface area contributed by atoms with E-state index >= 15 is 0 Å². The smallest absolute Gasteiger partial charge is 0.245 e. The lowest BCUT2D eigenvalue weighted by atomic mass is 9.96. The Labute approximate surface area is 337 Å². The van der Waals surface area contributed by atoms with Crippen LogP contribution >= 0.6 is 0 Å². The highest BCUT2D eigenvalue weighted by atomic mass is 16.7. The summed E-state index contributed by atoms with van der Waals surface area (Å²) in [7, 11) is 0. The lowest BCUT2D eigenvalue weighted by molar-refractivity contribution is -0.230. The number of Topliss-reactive ketones (excluding diaryl/α,β-unsaturated/α-hetero) is 1. The molecule has 6 amide bonds. The SMILES string of the molecule is CC(=O)CNC(=O)CNC(=O)CNC(=O)CNC(=O)C(COC(OCNO)C(O)[C@H](O)CO)NC(=O)CCC(=O)N1Cc2ccccc2/C(NN)=C(/N)c2ccccc21. The number of fused-ring (bicyclic) bond motifs is 2. The highest BCUT2D eigenvalue weighted by Crippen LogP contribution is 2.34. The number of hydroxylamine groups is 1. The van der Waals surface area contributed by atoms with Crippen molar-refractivity contribution in [1.82, 2.24) is 37.5 Å². The summed E-state index contributed by atoms with van der Waals surface area (Å²) in [5.74, 6) is 0.976. The topological polar surface area (TPSA) is 358 Å². The van der Waals surface area contributed by atoms with Crippen LogP contribution in [0.5, 0.6) is 0 Å². The molecule has 2 aromatic rings. The largest absolute Gasteiger partial charge is 0.396 e. The average molecular weight is 831 g/mol. The fourth-order valence-electron chi connectivity index (χ4n) is 5.46. The molecule has 3 rings (SSSR count). The molecule has 59 heavy (non-hydrogen) atoms. The quantitative estimate of drug-likeness (QED) is 0.0284. The molecule has 15 N–H and O–H groups in total. The molecule has 0 spiro atoms. The van der Waals surface area contributed by atoms with Gasteiger partial charge < -0.3 is 72.6 Å². The number of aliphatic hydroxyl groups is 3. The van der Waals surface area contributed by atoms with Gasteiger partial charge in [0.05, 0.1) is 63.0 Å². The Morgan fingerprint density at radius 2 is 1.39 bits per heavy atom. The van der Waals surface area contributed by atoms with Crippen LogP contribution in [0.3, 0.4) is 0 Å². The fraction of sp³-hybridized carbons (Fsp3) is 0.417. The Bertz CT molecular complexity index is 1850. The number of hydrogen-bond acceptors (Lipinski definition) is 17. The highest BCUT2D eigenvalue weighted by molar-refractivity contribution is 6.02. The van der Waals surface area contributed by atoms with Gasteiger partial charge in [0.1, 0.15) is 30.8 Å². The van der Waals surface area contributed by atoms with E-state index in [0.29, 0.717) is 28.1 Å². The minimum Gasteiger partial charge on any atom is -0.396 e. The normalized spacial score (nSPS) is 15.4. The van der Waals surface area contributed by atoms with Crippen LogP contribution in [0.1, 0.15) is 36.5 Å². The van der Waals surface area contributed by atoms with Crippen LogP contribution in [-0.2, 0) is 49.6 Å². The van der Waals surface area contributed by atoms with E-state index in [4.69, 9.17) is 26.3 Å². The predicted molar refractivity (Wildman–Crippen MR) is 206 cm³/mol. The van der Waals surface area contributed by atoms with E-state index < -0.39 is 106 Å². The van der Waals surface area contributed by atoms with Crippen LogP contribution in [0.15, 0.2) is 48.5 Å². The zero-order valence-corrected chi connectivity index (χ0v) is 32.1. The van der Waals surface area contributed by atoms with Crippen LogP contribution in [-0.4, -0.2) is 132 Å². The van der Waals surface area contributed by atoms with Gasteiger partial charge in [-0.2, -0.15) is 5.48 Å². The number of aliphatic hydroxyl groups excluding tert-OH is 3. The van der Waals surface area contributed by atoms with Crippen molar-refractivity contribution >= 4 is 58.3 Å². The molecule has 0 radical (unpaired) electrons. The van der Waals surface area contributed by atoms with Gasteiger partial charge in [-0.3, -0.25) is 39.4 Å². The van der Waals surface area contributed by atoms with Crippen molar-refractivity contribution in [2.75, 3.05) is 51.0 Å². The number of ketones is 1. The Morgan fingerprint density at radius 3 is 2.00 bits per heavy atom. The zero-order valence-electron chi connectivity index (χ0n) is 32.1. The third kappa shape index (κ3) is 14.7. The van der Waals surface area contributed by atoms with Crippen molar-refractivity contribution in [3.63, 3.8) is 0 Å². The van der Waals surface area contributed by atoms with Crippen molar-refractivity contribution < 1.29 is 63.6 Å². The number of nitrogens with two attached hydrogens (primary N) is 2. The zero-order chi connectivity index (χ0) is 43.5. The number of para-hydroxylation sites is 1. The number of amides is 6. The molecule has 0 aromatic heterocycles. The third-order valence-electron chi connectivity index (χ3n) is 8.48. The molecule has 0 aliphatic carbocycles.